The Balaban J connectivity index is 2.23. The number of rotatable bonds is 3. The lowest BCUT2D eigenvalue weighted by atomic mass is 9.78. The summed E-state index contributed by atoms with van der Waals surface area (Å²) in [6.45, 7) is 7.86. The Morgan fingerprint density at radius 1 is 1.37 bits per heavy atom. The van der Waals surface area contributed by atoms with Crippen LogP contribution in [0, 0.1) is 0 Å². The smallest absolute Gasteiger partial charge is 0.400 e. The normalized spacial score (nSPS) is 22.0. The van der Waals surface area contributed by atoms with Crippen LogP contribution in [0.4, 0.5) is 0 Å². The first-order valence-electron chi connectivity index (χ1n) is 6.41. The van der Waals surface area contributed by atoms with Crippen LogP contribution in [0.2, 0.25) is 0 Å². The van der Waals surface area contributed by atoms with Gasteiger partial charge in [0.25, 0.3) is 0 Å². The molecule has 0 atom stereocenters. The second-order valence-corrected chi connectivity index (χ2v) is 5.91. The Kier molecular flexibility index (Phi) is 3.60. The van der Waals surface area contributed by atoms with Crippen molar-refractivity contribution in [2.24, 2.45) is 7.05 Å². The Labute approximate surface area is 114 Å². The molecule has 1 aliphatic heterocycles. The van der Waals surface area contributed by atoms with Crippen molar-refractivity contribution in [2.45, 2.75) is 38.9 Å². The van der Waals surface area contributed by atoms with Gasteiger partial charge in [0.2, 0.25) is 0 Å². The molecule has 2 heterocycles. The van der Waals surface area contributed by atoms with E-state index in [9.17, 15) is 5.11 Å². The van der Waals surface area contributed by atoms with Crippen molar-refractivity contribution in [3.05, 3.63) is 23.4 Å². The van der Waals surface area contributed by atoms with E-state index >= 15 is 0 Å². The van der Waals surface area contributed by atoms with Crippen LogP contribution in [0.15, 0.2) is 17.9 Å². The molecule has 0 amide bonds. The van der Waals surface area contributed by atoms with Gasteiger partial charge in [-0.25, -0.2) is 0 Å². The Morgan fingerprint density at radius 2 is 1.95 bits per heavy atom. The van der Waals surface area contributed by atoms with E-state index in [1.165, 1.54) is 0 Å². The van der Waals surface area contributed by atoms with Gasteiger partial charge in [-0.2, -0.15) is 5.10 Å². The van der Waals surface area contributed by atoms with Crippen molar-refractivity contribution in [3.63, 3.8) is 0 Å². The number of aromatic nitrogens is 2. The summed E-state index contributed by atoms with van der Waals surface area (Å²) >= 11 is 0. The van der Waals surface area contributed by atoms with E-state index in [2.05, 4.69) is 5.10 Å². The molecule has 5 nitrogen and oxygen atoms in total. The molecule has 1 aromatic heterocycles. The van der Waals surface area contributed by atoms with E-state index in [1.807, 2.05) is 47.0 Å². The molecule has 1 aliphatic rings. The lowest BCUT2D eigenvalue weighted by molar-refractivity contribution is 0.00578. The molecule has 104 valence electrons. The number of hydrogen-bond donors (Lipinski definition) is 1. The maximum atomic E-state index is 9.54. The highest BCUT2D eigenvalue weighted by molar-refractivity contribution is 6.55. The van der Waals surface area contributed by atoms with E-state index in [-0.39, 0.29) is 6.61 Å². The standard InChI is InChI=1S/C13H21BN2O3/c1-12(2)13(3,4)19-14(18-12)11(9-17)6-10-7-15-16(5)8-10/h6-8,17H,9H2,1-5H3. The van der Waals surface area contributed by atoms with Gasteiger partial charge in [0.15, 0.2) is 0 Å². The van der Waals surface area contributed by atoms with Crippen LogP contribution in [0.5, 0.6) is 0 Å². The highest BCUT2D eigenvalue weighted by atomic mass is 16.7. The molecule has 0 radical (unpaired) electrons. The number of aryl methyl sites for hydroxylation is 1. The van der Waals surface area contributed by atoms with E-state index in [0.717, 1.165) is 5.56 Å². The molecule has 1 saturated heterocycles. The van der Waals surface area contributed by atoms with E-state index in [0.29, 0.717) is 5.47 Å². The molecular weight excluding hydrogens is 243 g/mol. The lowest BCUT2D eigenvalue weighted by Crippen LogP contribution is -2.41. The molecule has 0 spiro atoms. The van der Waals surface area contributed by atoms with E-state index in [4.69, 9.17) is 9.31 Å². The van der Waals surface area contributed by atoms with Crippen molar-refractivity contribution in [3.8, 4) is 0 Å². The van der Waals surface area contributed by atoms with Crippen molar-refractivity contribution < 1.29 is 14.4 Å². The molecule has 0 unspecified atom stereocenters. The van der Waals surface area contributed by atoms with Gasteiger partial charge in [0.05, 0.1) is 24.0 Å². The molecule has 19 heavy (non-hydrogen) atoms. The number of aliphatic hydroxyl groups is 1. The summed E-state index contributed by atoms with van der Waals surface area (Å²) in [5, 5.41) is 13.6. The predicted octanol–water partition coefficient (Wildman–Crippen LogP) is 1.43. The number of nitrogens with zero attached hydrogens (tertiary/aromatic N) is 2. The molecule has 6 heteroatoms. The minimum Gasteiger partial charge on any atom is -0.400 e. The third-order valence-electron chi connectivity index (χ3n) is 3.82. The summed E-state index contributed by atoms with van der Waals surface area (Å²) in [4.78, 5) is 0. The molecule has 0 aromatic carbocycles. The van der Waals surface area contributed by atoms with Gasteiger partial charge in [0.1, 0.15) is 0 Å². The van der Waals surface area contributed by atoms with Crippen LogP contribution in [-0.2, 0) is 16.4 Å². The average molecular weight is 264 g/mol. The van der Waals surface area contributed by atoms with Crippen molar-refractivity contribution in [1.29, 1.82) is 0 Å². The first-order chi connectivity index (χ1) is 8.75. The summed E-state index contributed by atoms with van der Waals surface area (Å²) in [6, 6.07) is 0. The second-order valence-electron chi connectivity index (χ2n) is 5.91. The highest BCUT2D eigenvalue weighted by Crippen LogP contribution is 2.38. The minimum absolute atomic E-state index is 0.105. The average Bonchev–Trinajstić information content (AvgIpc) is 2.78. The molecule has 0 aliphatic carbocycles. The van der Waals surface area contributed by atoms with Crippen LogP contribution >= 0.6 is 0 Å². The van der Waals surface area contributed by atoms with E-state index in [1.54, 1.807) is 10.9 Å². The van der Waals surface area contributed by atoms with Gasteiger partial charge >= 0.3 is 7.12 Å². The monoisotopic (exact) mass is 264 g/mol. The summed E-state index contributed by atoms with van der Waals surface area (Å²) in [5.41, 5.74) is 0.815. The summed E-state index contributed by atoms with van der Waals surface area (Å²) in [7, 11) is 1.33. The topological polar surface area (TPSA) is 56.5 Å². The fraction of sp³-hybridized carbons (Fsp3) is 0.615. The zero-order valence-corrected chi connectivity index (χ0v) is 12.2. The zero-order chi connectivity index (χ0) is 14.3. The number of aliphatic hydroxyl groups excluding tert-OH is 1. The van der Waals surface area contributed by atoms with Gasteiger partial charge in [-0.15, -0.1) is 0 Å². The molecule has 1 N–H and O–H groups in total. The van der Waals surface area contributed by atoms with Crippen LogP contribution in [0.1, 0.15) is 33.3 Å². The summed E-state index contributed by atoms with van der Waals surface area (Å²) in [5.74, 6) is 0. The van der Waals surface area contributed by atoms with Crippen LogP contribution in [-0.4, -0.2) is 39.8 Å². The third-order valence-corrected chi connectivity index (χ3v) is 3.82. The van der Waals surface area contributed by atoms with Crippen molar-refractivity contribution >= 4 is 13.2 Å². The van der Waals surface area contributed by atoms with Crippen LogP contribution < -0.4 is 0 Å². The lowest BCUT2D eigenvalue weighted by Gasteiger charge is -2.32. The predicted molar refractivity (Wildman–Crippen MR) is 74.4 cm³/mol. The highest BCUT2D eigenvalue weighted by Gasteiger charge is 2.52. The van der Waals surface area contributed by atoms with Gasteiger partial charge in [0, 0.05) is 18.8 Å². The molecule has 1 fully saturated rings. The van der Waals surface area contributed by atoms with Crippen LogP contribution in [0.3, 0.4) is 0 Å². The maximum absolute atomic E-state index is 9.54. The third kappa shape index (κ3) is 2.75. The SMILES string of the molecule is Cn1cc(C=C(CO)B2OC(C)(C)C(C)(C)O2)cn1. The van der Waals surface area contributed by atoms with Crippen LogP contribution in [0.25, 0.3) is 6.08 Å². The first kappa shape index (κ1) is 14.3. The van der Waals surface area contributed by atoms with Gasteiger partial charge in [-0.1, -0.05) is 6.08 Å². The largest absolute Gasteiger partial charge is 0.492 e. The Hall–Kier alpha value is -1.11. The quantitative estimate of drug-likeness (QED) is 0.839. The van der Waals surface area contributed by atoms with Crippen molar-refractivity contribution in [1.82, 2.24) is 9.78 Å². The summed E-state index contributed by atoms with van der Waals surface area (Å²) < 4.78 is 13.6. The molecular formula is C13H21BN2O3. The fourth-order valence-corrected chi connectivity index (χ4v) is 1.91. The maximum Gasteiger partial charge on any atom is 0.492 e. The number of hydrogen-bond acceptors (Lipinski definition) is 4. The van der Waals surface area contributed by atoms with Gasteiger partial charge < -0.3 is 14.4 Å². The van der Waals surface area contributed by atoms with Gasteiger partial charge in [-0.3, -0.25) is 4.68 Å². The summed E-state index contributed by atoms with van der Waals surface area (Å²) in [6.07, 6.45) is 5.47. The molecule has 1 aromatic rings. The van der Waals surface area contributed by atoms with Gasteiger partial charge in [-0.05, 0) is 33.2 Å². The Morgan fingerprint density at radius 3 is 2.37 bits per heavy atom. The zero-order valence-electron chi connectivity index (χ0n) is 12.2. The molecule has 0 saturated carbocycles. The minimum atomic E-state index is -0.518. The Bertz CT molecular complexity index is 478. The molecule has 0 bridgehead atoms. The van der Waals surface area contributed by atoms with E-state index < -0.39 is 18.3 Å². The first-order valence-corrected chi connectivity index (χ1v) is 6.41. The second kappa shape index (κ2) is 4.78. The molecule has 2 rings (SSSR count). The fourth-order valence-electron chi connectivity index (χ4n) is 1.91. The van der Waals surface area contributed by atoms with Crippen molar-refractivity contribution in [2.75, 3.05) is 6.61 Å².